The SMILES string of the molecule is CCCCCC/C=C\CCCCCCCCCCCCC(CCC)([P+](=O)[O-])[N+](C)(C)C. The van der Waals surface area contributed by atoms with Crippen LogP contribution in [0.1, 0.15) is 136 Å². The van der Waals surface area contributed by atoms with E-state index in [0.29, 0.717) is 4.48 Å². The second-order valence-corrected chi connectivity index (χ2v) is 11.7. The molecule has 0 aliphatic heterocycles. The van der Waals surface area contributed by atoms with Crippen LogP contribution < -0.4 is 4.89 Å². The molecule has 4 heteroatoms. The number of unbranched alkanes of at least 4 members (excludes halogenated alkanes) is 14. The minimum Gasteiger partial charge on any atom is -0.590 e. The highest BCUT2D eigenvalue weighted by Crippen LogP contribution is 2.45. The first-order chi connectivity index (χ1) is 14.8. The predicted molar refractivity (Wildman–Crippen MR) is 137 cm³/mol. The van der Waals surface area contributed by atoms with E-state index >= 15 is 0 Å². The molecular formula is C27H55NO2P+. The Kier molecular flexibility index (Phi) is 19.1. The maximum atomic E-state index is 12.1. The zero-order valence-electron chi connectivity index (χ0n) is 21.8. The fourth-order valence-corrected chi connectivity index (χ4v) is 5.87. The van der Waals surface area contributed by atoms with Gasteiger partial charge in [-0.25, -0.2) is 0 Å². The molecule has 0 N–H and O–H groups in total. The first-order valence-electron chi connectivity index (χ1n) is 13.4. The molecule has 184 valence electrons. The van der Waals surface area contributed by atoms with Crippen LogP contribution in [0.15, 0.2) is 12.2 Å². The zero-order chi connectivity index (χ0) is 23.4. The molecule has 0 aromatic rings. The minimum atomic E-state index is -2.42. The molecule has 0 fully saturated rings. The van der Waals surface area contributed by atoms with Gasteiger partial charge >= 0.3 is 8.03 Å². The van der Waals surface area contributed by atoms with Crippen LogP contribution in [-0.2, 0) is 4.57 Å². The van der Waals surface area contributed by atoms with Crippen molar-refractivity contribution in [1.82, 2.24) is 0 Å². The lowest BCUT2D eigenvalue weighted by molar-refractivity contribution is -0.910. The van der Waals surface area contributed by atoms with E-state index in [1.807, 2.05) is 21.1 Å². The summed E-state index contributed by atoms with van der Waals surface area (Å²) in [5, 5.41) is -0.589. The zero-order valence-corrected chi connectivity index (χ0v) is 22.7. The van der Waals surface area contributed by atoms with Crippen molar-refractivity contribution in [2.75, 3.05) is 21.1 Å². The summed E-state index contributed by atoms with van der Waals surface area (Å²) >= 11 is 0. The van der Waals surface area contributed by atoms with Crippen molar-refractivity contribution in [1.29, 1.82) is 0 Å². The molecule has 31 heavy (non-hydrogen) atoms. The van der Waals surface area contributed by atoms with Crippen molar-refractivity contribution in [2.45, 2.75) is 141 Å². The summed E-state index contributed by atoms with van der Waals surface area (Å²) in [4.78, 5) is 12.1. The van der Waals surface area contributed by atoms with E-state index in [9.17, 15) is 9.46 Å². The van der Waals surface area contributed by atoms with Gasteiger partial charge in [-0.3, -0.25) is 4.48 Å². The lowest BCUT2D eigenvalue weighted by atomic mass is 9.99. The van der Waals surface area contributed by atoms with Gasteiger partial charge in [0.25, 0.3) is 5.28 Å². The molecule has 0 amide bonds. The van der Waals surface area contributed by atoms with Gasteiger partial charge in [0.2, 0.25) is 0 Å². The number of nitrogens with zero attached hydrogens (tertiary/aromatic N) is 1. The molecule has 0 spiro atoms. The van der Waals surface area contributed by atoms with Gasteiger partial charge in [-0.1, -0.05) is 101 Å². The number of quaternary nitrogens is 1. The van der Waals surface area contributed by atoms with E-state index in [-0.39, 0.29) is 0 Å². The van der Waals surface area contributed by atoms with Crippen molar-refractivity contribution in [2.24, 2.45) is 0 Å². The van der Waals surface area contributed by atoms with Crippen LogP contribution in [0.2, 0.25) is 0 Å². The normalized spacial score (nSPS) is 14.8. The van der Waals surface area contributed by atoms with E-state index in [2.05, 4.69) is 26.0 Å². The third-order valence-corrected chi connectivity index (χ3v) is 8.55. The fraction of sp³-hybridized carbons (Fsp3) is 0.926. The van der Waals surface area contributed by atoms with Crippen LogP contribution in [0.3, 0.4) is 0 Å². The van der Waals surface area contributed by atoms with Crippen molar-refractivity contribution in [3.05, 3.63) is 12.2 Å². The quantitative estimate of drug-likeness (QED) is 0.0709. The molecule has 2 atom stereocenters. The standard InChI is InChI=1S/C27H55NO2P/c1-6-8-9-10-11-12-13-14-15-16-17-18-19-20-21-22-23-24-26-27(25-7-2,31(29)30)28(3,4)5/h12-13H,6-11,14-26H2,1-5H3/q+1/b13-12-. The molecule has 3 nitrogen and oxygen atoms in total. The van der Waals surface area contributed by atoms with Crippen LogP contribution >= 0.6 is 8.03 Å². The Morgan fingerprint density at radius 1 is 0.645 bits per heavy atom. The van der Waals surface area contributed by atoms with E-state index in [1.165, 1.54) is 96.3 Å². The number of allylic oxidation sites excluding steroid dienone is 2. The maximum absolute atomic E-state index is 12.1. The highest BCUT2D eigenvalue weighted by Gasteiger charge is 2.53. The Morgan fingerprint density at radius 2 is 1.06 bits per heavy atom. The summed E-state index contributed by atoms with van der Waals surface area (Å²) in [7, 11) is 3.68. The van der Waals surface area contributed by atoms with E-state index in [4.69, 9.17) is 0 Å². The number of hydrogen-bond acceptors (Lipinski definition) is 2. The monoisotopic (exact) mass is 456 g/mol. The lowest BCUT2D eigenvalue weighted by Crippen LogP contribution is -2.55. The number of rotatable bonds is 22. The van der Waals surface area contributed by atoms with Gasteiger partial charge in [-0.2, -0.15) is 0 Å². The fourth-order valence-electron chi connectivity index (χ4n) is 4.63. The van der Waals surface area contributed by atoms with Crippen LogP contribution in [0.25, 0.3) is 0 Å². The summed E-state index contributed by atoms with van der Waals surface area (Å²) in [5.74, 6) is 0. The summed E-state index contributed by atoms with van der Waals surface area (Å²) < 4.78 is 12.6. The van der Waals surface area contributed by atoms with Crippen LogP contribution in [0.4, 0.5) is 0 Å². The Labute approximate surface area is 196 Å². The van der Waals surface area contributed by atoms with Gasteiger partial charge < -0.3 is 4.89 Å². The average Bonchev–Trinajstić information content (AvgIpc) is 2.71. The Morgan fingerprint density at radius 3 is 1.45 bits per heavy atom. The third-order valence-electron chi connectivity index (χ3n) is 6.83. The van der Waals surface area contributed by atoms with Crippen LogP contribution in [0, 0.1) is 0 Å². The molecule has 0 aromatic heterocycles. The van der Waals surface area contributed by atoms with Gasteiger partial charge in [0.15, 0.2) is 0 Å². The van der Waals surface area contributed by atoms with E-state index in [0.717, 1.165) is 25.7 Å². The van der Waals surface area contributed by atoms with Crippen LogP contribution in [-0.4, -0.2) is 30.9 Å². The van der Waals surface area contributed by atoms with Gasteiger partial charge in [-0.05, 0) is 38.5 Å². The van der Waals surface area contributed by atoms with Crippen molar-refractivity contribution in [3.8, 4) is 0 Å². The predicted octanol–water partition coefficient (Wildman–Crippen LogP) is 8.50. The Hall–Kier alpha value is -0.240. The number of hydrogen-bond donors (Lipinski definition) is 0. The molecule has 0 heterocycles. The lowest BCUT2D eigenvalue weighted by Gasteiger charge is -2.39. The van der Waals surface area contributed by atoms with Crippen molar-refractivity contribution >= 4 is 8.03 Å². The van der Waals surface area contributed by atoms with Gasteiger partial charge in [-0.15, -0.1) is 0 Å². The molecule has 0 radical (unpaired) electrons. The van der Waals surface area contributed by atoms with Gasteiger partial charge in [0.05, 0.1) is 21.1 Å². The second kappa shape index (κ2) is 19.2. The molecule has 0 aromatic carbocycles. The highest BCUT2D eigenvalue weighted by molar-refractivity contribution is 7.38. The van der Waals surface area contributed by atoms with Crippen LogP contribution in [0.5, 0.6) is 0 Å². The average molecular weight is 457 g/mol. The highest BCUT2D eigenvalue weighted by atomic mass is 31.1. The summed E-state index contributed by atoms with van der Waals surface area (Å²) in [6.07, 6.45) is 28.2. The van der Waals surface area contributed by atoms with Crippen molar-refractivity contribution in [3.63, 3.8) is 0 Å². The Bertz CT molecular complexity index is 459. The molecule has 0 aliphatic carbocycles. The second-order valence-electron chi connectivity index (χ2n) is 10.4. The smallest absolute Gasteiger partial charge is 0.376 e. The first-order valence-corrected chi connectivity index (χ1v) is 14.6. The molecule has 0 saturated carbocycles. The first kappa shape index (κ1) is 30.8. The summed E-state index contributed by atoms with van der Waals surface area (Å²) in [6.45, 7) is 4.36. The summed E-state index contributed by atoms with van der Waals surface area (Å²) in [6, 6.07) is 0. The maximum Gasteiger partial charge on any atom is 0.376 e. The van der Waals surface area contributed by atoms with E-state index in [1.54, 1.807) is 0 Å². The minimum absolute atomic E-state index is 0.522. The third kappa shape index (κ3) is 14.5. The molecule has 2 unspecified atom stereocenters. The topological polar surface area (TPSA) is 40.1 Å². The van der Waals surface area contributed by atoms with Crippen molar-refractivity contribution < 1.29 is 13.9 Å². The molecular weight excluding hydrogens is 401 g/mol. The molecule has 0 aliphatic rings. The Balaban J connectivity index is 3.65. The van der Waals surface area contributed by atoms with E-state index < -0.39 is 13.3 Å². The largest absolute Gasteiger partial charge is 0.590 e. The molecule has 0 bridgehead atoms. The molecule has 0 saturated heterocycles. The van der Waals surface area contributed by atoms with Gasteiger partial charge in [0, 0.05) is 12.8 Å². The summed E-state index contributed by atoms with van der Waals surface area (Å²) in [5.41, 5.74) is 0. The molecule has 0 rings (SSSR count). The van der Waals surface area contributed by atoms with Gasteiger partial charge in [0.1, 0.15) is 0 Å².